The molecule has 0 radical (unpaired) electrons. The molecule has 20 heavy (non-hydrogen) atoms. The molecular formula is C14H16N2O3S. The quantitative estimate of drug-likeness (QED) is 0.815. The lowest BCUT2D eigenvalue weighted by molar-refractivity contribution is 0.00878. The second-order valence-corrected chi connectivity index (χ2v) is 5.41. The van der Waals surface area contributed by atoms with Gasteiger partial charge in [-0.05, 0) is 23.8 Å². The number of fused-ring (bicyclic) bond motifs is 1. The van der Waals surface area contributed by atoms with Crippen molar-refractivity contribution in [1.82, 2.24) is 4.90 Å². The normalized spacial score (nSPS) is 21.2. The van der Waals surface area contributed by atoms with Crippen molar-refractivity contribution in [3.63, 3.8) is 0 Å². The average molecular weight is 292 g/mol. The maximum Gasteiger partial charge on any atom is 0.254 e. The van der Waals surface area contributed by atoms with Crippen LogP contribution in [-0.4, -0.2) is 48.2 Å². The first-order valence-electron chi connectivity index (χ1n) is 6.61. The van der Waals surface area contributed by atoms with Gasteiger partial charge in [-0.1, -0.05) is 12.2 Å². The molecule has 1 aromatic rings. The number of carbonyl (C=O) groups excluding carboxylic acids is 1. The van der Waals surface area contributed by atoms with Gasteiger partial charge in [0.2, 0.25) is 0 Å². The Hall–Kier alpha value is -1.66. The molecule has 0 aromatic heterocycles. The molecule has 1 saturated heterocycles. The second kappa shape index (κ2) is 5.38. The highest BCUT2D eigenvalue weighted by Crippen LogP contribution is 2.26. The number of benzene rings is 1. The first-order chi connectivity index (χ1) is 9.65. The van der Waals surface area contributed by atoms with Crippen LogP contribution in [0.15, 0.2) is 18.2 Å². The fourth-order valence-corrected chi connectivity index (χ4v) is 2.65. The Labute approximate surface area is 122 Å². The number of rotatable bonds is 2. The minimum absolute atomic E-state index is 0.00995. The van der Waals surface area contributed by atoms with Crippen molar-refractivity contribution in [2.75, 3.05) is 26.3 Å². The molecule has 2 N–H and O–H groups in total. The van der Waals surface area contributed by atoms with E-state index in [0.717, 1.165) is 17.7 Å². The van der Waals surface area contributed by atoms with Gasteiger partial charge in [0.25, 0.3) is 5.91 Å². The number of morpholine rings is 1. The van der Waals surface area contributed by atoms with Gasteiger partial charge in [0.15, 0.2) is 0 Å². The summed E-state index contributed by atoms with van der Waals surface area (Å²) in [5.74, 6) is 0.869. The number of thiocarbonyl (C=S) groups is 1. The molecule has 2 heterocycles. The molecule has 1 unspecified atom stereocenters. The molecule has 2 aliphatic rings. The molecule has 106 valence electrons. The van der Waals surface area contributed by atoms with Gasteiger partial charge in [0.05, 0.1) is 19.8 Å². The van der Waals surface area contributed by atoms with Crippen LogP contribution in [0.1, 0.15) is 15.9 Å². The first kappa shape index (κ1) is 13.3. The number of nitrogens with two attached hydrogens (primary N) is 1. The molecule has 2 aliphatic heterocycles. The van der Waals surface area contributed by atoms with Gasteiger partial charge in [-0.3, -0.25) is 4.79 Å². The monoisotopic (exact) mass is 292 g/mol. The molecule has 1 fully saturated rings. The van der Waals surface area contributed by atoms with Crippen LogP contribution < -0.4 is 10.5 Å². The van der Waals surface area contributed by atoms with E-state index in [1.165, 1.54) is 0 Å². The Kier molecular flexibility index (Phi) is 3.58. The minimum atomic E-state index is -0.347. The smallest absolute Gasteiger partial charge is 0.254 e. The van der Waals surface area contributed by atoms with Crippen LogP contribution in [0, 0.1) is 0 Å². The highest BCUT2D eigenvalue weighted by molar-refractivity contribution is 7.80. The lowest BCUT2D eigenvalue weighted by atomic mass is 10.1. The van der Waals surface area contributed by atoms with Crippen LogP contribution in [0.5, 0.6) is 5.75 Å². The number of hydrogen-bond acceptors (Lipinski definition) is 4. The molecular weight excluding hydrogens is 276 g/mol. The summed E-state index contributed by atoms with van der Waals surface area (Å²) in [4.78, 5) is 14.6. The van der Waals surface area contributed by atoms with E-state index in [-0.39, 0.29) is 12.0 Å². The number of hydrogen-bond donors (Lipinski definition) is 1. The molecule has 1 aromatic carbocycles. The Morgan fingerprint density at radius 3 is 3.05 bits per heavy atom. The number of nitrogens with zero attached hydrogens (tertiary/aromatic N) is 1. The van der Waals surface area contributed by atoms with Crippen LogP contribution in [0.2, 0.25) is 0 Å². The zero-order valence-corrected chi connectivity index (χ0v) is 11.8. The highest BCUT2D eigenvalue weighted by Gasteiger charge is 2.27. The zero-order valence-electron chi connectivity index (χ0n) is 11.0. The number of carbonyl (C=O) groups is 1. The Balaban J connectivity index is 1.76. The standard InChI is InChI=1S/C14H16N2O3S/c15-13(20)12-8-16(4-6-19-12)14(17)10-1-2-11-9(7-10)3-5-18-11/h1-2,7,12H,3-6,8H2,(H2,15,20). The van der Waals surface area contributed by atoms with E-state index in [4.69, 9.17) is 27.4 Å². The van der Waals surface area contributed by atoms with Gasteiger partial charge in [-0.2, -0.15) is 0 Å². The van der Waals surface area contributed by atoms with Crippen LogP contribution in [-0.2, 0) is 11.2 Å². The van der Waals surface area contributed by atoms with E-state index in [1.807, 2.05) is 12.1 Å². The third-order valence-corrected chi connectivity index (χ3v) is 3.87. The molecule has 0 bridgehead atoms. The molecule has 3 rings (SSSR count). The predicted octanol–water partition coefficient (Wildman–Crippen LogP) is 0.749. The molecule has 1 amide bonds. The Morgan fingerprint density at radius 2 is 2.25 bits per heavy atom. The predicted molar refractivity (Wildman–Crippen MR) is 78.1 cm³/mol. The fourth-order valence-electron chi connectivity index (χ4n) is 2.51. The SMILES string of the molecule is NC(=S)C1CN(C(=O)c2ccc3c(c2)CCO3)CCO1. The Morgan fingerprint density at radius 1 is 1.40 bits per heavy atom. The van der Waals surface area contributed by atoms with Crippen LogP contribution >= 0.6 is 12.2 Å². The number of ether oxygens (including phenoxy) is 2. The summed E-state index contributed by atoms with van der Waals surface area (Å²) in [6, 6.07) is 5.58. The van der Waals surface area contributed by atoms with Crippen LogP contribution in [0.4, 0.5) is 0 Å². The first-order valence-corrected chi connectivity index (χ1v) is 7.02. The van der Waals surface area contributed by atoms with Crippen LogP contribution in [0.25, 0.3) is 0 Å². The van der Waals surface area contributed by atoms with E-state index in [2.05, 4.69) is 0 Å². The van der Waals surface area contributed by atoms with E-state index in [0.29, 0.717) is 36.9 Å². The number of amides is 1. The summed E-state index contributed by atoms with van der Waals surface area (Å²) < 4.78 is 10.9. The van der Waals surface area contributed by atoms with Gasteiger partial charge in [-0.25, -0.2) is 0 Å². The summed E-state index contributed by atoms with van der Waals surface area (Å²) in [6.45, 7) is 2.13. The van der Waals surface area contributed by atoms with Crippen molar-refractivity contribution in [1.29, 1.82) is 0 Å². The lowest BCUT2D eigenvalue weighted by Crippen LogP contribution is -2.49. The fraction of sp³-hybridized carbons (Fsp3) is 0.429. The third-order valence-electron chi connectivity index (χ3n) is 3.61. The van der Waals surface area contributed by atoms with Crippen molar-refractivity contribution in [2.24, 2.45) is 5.73 Å². The van der Waals surface area contributed by atoms with Gasteiger partial charge in [0.1, 0.15) is 16.8 Å². The van der Waals surface area contributed by atoms with Crippen LogP contribution in [0.3, 0.4) is 0 Å². The minimum Gasteiger partial charge on any atom is -0.493 e. The van der Waals surface area contributed by atoms with E-state index >= 15 is 0 Å². The van der Waals surface area contributed by atoms with Gasteiger partial charge < -0.3 is 20.1 Å². The highest BCUT2D eigenvalue weighted by atomic mass is 32.1. The van der Waals surface area contributed by atoms with Crippen molar-refractivity contribution in [3.05, 3.63) is 29.3 Å². The molecule has 5 nitrogen and oxygen atoms in total. The van der Waals surface area contributed by atoms with Crippen molar-refractivity contribution in [3.8, 4) is 5.75 Å². The van der Waals surface area contributed by atoms with E-state index in [1.54, 1.807) is 11.0 Å². The summed E-state index contributed by atoms with van der Waals surface area (Å²) in [6.07, 6.45) is 0.509. The van der Waals surface area contributed by atoms with Crippen molar-refractivity contribution >= 4 is 23.1 Å². The topological polar surface area (TPSA) is 64.8 Å². The molecule has 0 spiro atoms. The van der Waals surface area contributed by atoms with Gasteiger partial charge in [0, 0.05) is 18.5 Å². The zero-order chi connectivity index (χ0) is 14.1. The van der Waals surface area contributed by atoms with Crippen molar-refractivity contribution < 1.29 is 14.3 Å². The van der Waals surface area contributed by atoms with Gasteiger partial charge in [-0.15, -0.1) is 0 Å². The molecule has 0 saturated carbocycles. The largest absolute Gasteiger partial charge is 0.493 e. The maximum atomic E-state index is 12.5. The Bertz CT molecular complexity index is 561. The van der Waals surface area contributed by atoms with Crippen molar-refractivity contribution in [2.45, 2.75) is 12.5 Å². The lowest BCUT2D eigenvalue weighted by Gasteiger charge is -2.32. The summed E-state index contributed by atoms with van der Waals surface area (Å²) in [7, 11) is 0. The third kappa shape index (κ3) is 2.48. The summed E-state index contributed by atoms with van der Waals surface area (Å²) >= 11 is 4.93. The summed E-state index contributed by atoms with van der Waals surface area (Å²) in [5.41, 5.74) is 7.37. The second-order valence-electron chi connectivity index (χ2n) is 4.93. The molecule has 1 atom stereocenters. The van der Waals surface area contributed by atoms with E-state index < -0.39 is 0 Å². The summed E-state index contributed by atoms with van der Waals surface area (Å²) in [5, 5.41) is 0. The van der Waals surface area contributed by atoms with E-state index in [9.17, 15) is 4.79 Å². The maximum absolute atomic E-state index is 12.5. The average Bonchev–Trinajstić information content (AvgIpc) is 2.94. The van der Waals surface area contributed by atoms with Gasteiger partial charge >= 0.3 is 0 Å². The molecule has 0 aliphatic carbocycles. The molecule has 6 heteroatoms.